The monoisotopic (exact) mass is 420 g/mol. The lowest BCUT2D eigenvalue weighted by Gasteiger charge is -2.14. The van der Waals surface area contributed by atoms with Crippen LogP contribution in [0.4, 0.5) is 0 Å². The van der Waals surface area contributed by atoms with E-state index in [9.17, 15) is 14.7 Å². The van der Waals surface area contributed by atoms with Crippen molar-refractivity contribution in [3.63, 3.8) is 0 Å². The molecule has 3 rings (SSSR count). The highest BCUT2D eigenvalue weighted by Crippen LogP contribution is 2.24. The van der Waals surface area contributed by atoms with Crippen molar-refractivity contribution in [3.8, 4) is 17.2 Å². The molecule has 0 aliphatic heterocycles. The summed E-state index contributed by atoms with van der Waals surface area (Å²) in [6.45, 7) is 3.70. The first-order chi connectivity index (χ1) is 14.8. The molecule has 7 heteroatoms. The Bertz CT molecular complexity index is 1140. The minimum Gasteiger partial charge on any atom is -0.497 e. The Morgan fingerprint density at radius 1 is 1.00 bits per heavy atom. The van der Waals surface area contributed by atoms with E-state index in [-0.39, 0.29) is 17.9 Å². The van der Waals surface area contributed by atoms with Crippen molar-refractivity contribution in [3.05, 3.63) is 76.6 Å². The maximum atomic E-state index is 12.7. The second kappa shape index (κ2) is 9.30. The van der Waals surface area contributed by atoms with Crippen LogP contribution in [-0.4, -0.2) is 48.4 Å². The van der Waals surface area contributed by atoms with Crippen molar-refractivity contribution >= 4 is 18.0 Å². The number of rotatable bonds is 8. The minimum absolute atomic E-state index is 0.0787. The van der Waals surface area contributed by atoms with Crippen LogP contribution in [0.1, 0.15) is 37.7 Å². The molecule has 0 atom stereocenters. The number of carboxylic acids is 1. The number of aromatic nitrogens is 1. The average molecular weight is 420 g/mol. The summed E-state index contributed by atoms with van der Waals surface area (Å²) in [4.78, 5) is 28.7. The van der Waals surface area contributed by atoms with E-state index in [0.717, 1.165) is 17.0 Å². The quantitative estimate of drug-likeness (QED) is 0.437. The molecule has 0 radical (unpaired) electrons. The number of hydrogen-bond donors (Lipinski definition) is 1. The molecule has 7 nitrogen and oxygen atoms in total. The third kappa shape index (κ3) is 4.66. The Balaban J connectivity index is 1.87. The SMILES string of the molecule is COc1ccc(C=NCC(=O)c2ccc(C(=O)O)c(-n3c(C)ccc3C)c2)c(OC)c1. The summed E-state index contributed by atoms with van der Waals surface area (Å²) in [5.74, 6) is -0.0237. The fourth-order valence-corrected chi connectivity index (χ4v) is 3.36. The Labute approximate surface area is 180 Å². The van der Waals surface area contributed by atoms with E-state index < -0.39 is 5.97 Å². The molecule has 3 aromatic rings. The zero-order valence-corrected chi connectivity index (χ0v) is 17.9. The van der Waals surface area contributed by atoms with Gasteiger partial charge >= 0.3 is 5.97 Å². The zero-order chi connectivity index (χ0) is 22.5. The fraction of sp³-hybridized carbons (Fsp3) is 0.208. The molecular formula is C24H24N2O5. The Morgan fingerprint density at radius 3 is 2.32 bits per heavy atom. The van der Waals surface area contributed by atoms with Crippen LogP contribution in [-0.2, 0) is 0 Å². The largest absolute Gasteiger partial charge is 0.497 e. The van der Waals surface area contributed by atoms with Crippen LogP contribution in [0.15, 0.2) is 53.5 Å². The number of aryl methyl sites for hydroxylation is 2. The van der Waals surface area contributed by atoms with Crippen molar-refractivity contribution in [1.82, 2.24) is 4.57 Å². The molecule has 0 fully saturated rings. The van der Waals surface area contributed by atoms with Crippen molar-refractivity contribution in [2.75, 3.05) is 20.8 Å². The molecule has 0 amide bonds. The number of carboxylic acid groups (broad SMARTS) is 1. The van der Waals surface area contributed by atoms with Gasteiger partial charge < -0.3 is 19.1 Å². The maximum absolute atomic E-state index is 12.7. The van der Waals surface area contributed by atoms with E-state index in [4.69, 9.17) is 9.47 Å². The summed E-state index contributed by atoms with van der Waals surface area (Å²) >= 11 is 0. The van der Waals surface area contributed by atoms with Gasteiger partial charge in [0.15, 0.2) is 5.78 Å². The highest BCUT2D eigenvalue weighted by atomic mass is 16.5. The highest BCUT2D eigenvalue weighted by molar-refractivity contribution is 6.01. The third-order valence-corrected chi connectivity index (χ3v) is 4.97. The van der Waals surface area contributed by atoms with Gasteiger partial charge in [-0.2, -0.15) is 0 Å². The van der Waals surface area contributed by atoms with Crippen molar-refractivity contribution < 1.29 is 24.2 Å². The summed E-state index contributed by atoms with van der Waals surface area (Å²) in [5.41, 5.74) is 3.47. The van der Waals surface area contributed by atoms with Crippen LogP contribution in [0.25, 0.3) is 5.69 Å². The van der Waals surface area contributed by atoms with Gasteiger partial charge in [-0.05, 0) is 50.2 Å². The van der Waals surface area contributed by atoms with E-state index in [0.29, 0.717) is 22.7 Å². The highest BCUT2D eigenvalue weighted by Gasteiger charge is 2.17. The second-order valence-corrected chi connectivity index (χ2v) is 6.99. The van der Waals surface area contributed by atoms with Crippen molar-refractivity contribution in [2.24, 2.45) is 4.99 Å². The van der Waals surface area contributed by atoms with Gasteiger partial charge in [0.05, 0.1) is 25.5 Å². The first kappa shape index (κ1) is 21.8. The van der Waals surface area contributed by atoms with Crippen LogP contribution < -0.4 is 9.47 Å². The summed E-state index contributed by atoms with van der Waals surface area (Å²) in [7, 11) is 3.12. The minimum atomic E-state index is -1.05. The van der Waals surface area contributed by atoms with Crippen LogP contribution in [0.2, 0.25) is 0 Å². The number of benzene rings is 2. The number of aliphatic imine (C=N–C) groups is 1. The summed E-state index contributed by atoms with van der Waals surface area (Å²) in [5, 5.41) is 9.59. The van der Waals surface area contributed by atoms with E-state index in [2.05, 4.69) is 4.99 Å². The maximum Gasteiger partial charge on any atom is 0.337 e. The number of nitrogens with zero attached hydrogens (tertiary/aromatic N) is 2. The van der Waals surface area contributed by atoms with Gasteiger partial charge in [0.1, 0.15) is 18.0 Å². The van der Waals surface area contributed by atoms with Crippen LogP contribution in [0, 0.1) is 13.8 Å². The molecule has 1 heterocycles. The summed E-state index contributed by atoms with van der Waals surface area (Å²) in [6, 6.07) is 13.7. The smallest absolute Gasteiger partial charge is 0.337 e. The number of hydrogen-bond acceptors (Lipinski definition) is 5. The summed E-state index contributed by atoms with van der Waals surface area (Å²) < 4.78 is 12.3. The van der Waals surface area contributed by atoms with Crippen molar-refractivity contribution in [2.45, 2.75) is 13.8 Å². The van der Waals surface area contributed by atoms with Gasteiger partial charge in [-0.25, -0.2) is 4.79 Å². The molecule has 0 saturated carbocycles. The van der Waals surface area contributed by atoms with Gasteiger partial charge in [0, 0.05) is 34.8 Å². The fourth-order valence-electron chi connectivity index (χ4n) is 3.36. The number of ketones is 1. The summed E-state index contributed by atoms with van der Waals surface area (Å²) in [6.07, 6.45) is 1.57. The van der Waals surface area contributed by atoms with E-state index in [1.807, 2.05) is 30.5 Å². The number of carbonyl (C=O) groups is 2. The Morgan fingerprint density at radius 2 is 1.71 bits per heavy atom. The molecule has 31 heavy (non-hydrogen) atoms. The molecule has 1 aromatic heterocycles. The number of ether oxygens (including phenoxy) is 2. The first-order valence-corrected chi connectivity index (χ1v) is 9.63. The molecule has 0 unspecified atom stereocenters. The van der Waals surface area contributed by atoms with Gasteiger partial charge in [0.25, 0.3) is 0 Å². The van der Waals surface area contributed by atoms with Gasteiger partial charge in [-0.1, -0.05) is 6.07 Å². The number of aromatic carboxylic acids is 1. The first-order valence-electron chi connectivity index (χ1n) is 9.63. The lowest BCUT2D eigenvalue weighted by molar-refractivity contribution is 0.0696. The molecule has 0 aliphatic rings. The van der Waals surface area contributed by atoms with Gasteiger partial charge in [-0.3, -0.25) is 9.79 Å². The standard InChI is InChI=1S/C24H24N2O5/c1-15-5-6-16(2)26(15)21-11-17(8-10-20(21)24(28)29)22(27)14-25-13-18-7-9-19(30-3)12-23(18)31-4/h5-13H,14H2,1-4H3,(H,28,29). The molecule has 1 N–H and O–H groups in total. The molecule has 0 spiro atoms. The second-order valence-electron chi connectivity index (χ2n) is 6.99. The lowest BCUT2D eigenvalue weighted by Crippen LogP contribution is -2.11. The lowest BCUT2D eigenvalue weighted by atomic mass is 10.0. The Kier molecular flexibility index (Phi) is 6.55. The van der Waals surface area contributed by atoms with E-state index >= 15 is 0 Å². The normalized spacial score (nSPS) is 11.0. The number of carbonyl (C=O) groups excluding carboxylic acids is 1. The number of Topliss-reactive ketones (excluding diaryl/α,β-unsaturated/α-hetero) is 1. The van der Waals surface area contributed by atoms with E-state index in [1.54, 1.807) is 44.7 Å². The van der Waals surface area contributed by atoms with Crippen LogP contribution in [0.3, 0.4) is 0 Å². The van der Waals surface area contributed by atoms with Gasteiger partial charge in [-0.15, -0.1) is 0 Å². The zero-order valence-electron chi connectivity index (χ0n) is 17.9. The predicted octanol–water partition coefficient (Wildman–Crippen LogP) is 4.11. The third-order valence-electron chi connectivity index (χ3n) is 4.97. The molecule has 160 valence electrons. The van der Waals surface area contributed by atoms with Crippen LogP contribution >= 0.6 is 0 Å². The topological polar surface area (TPSA) is 90.1 Å². The predicted molar refractivity (Wildman–Crippen MR) is 119 cm³/mol. The number of methoxy groups -OCH3 is 2. The van der Waals surface area contributed by atoms with Crippen molar-refractivity contribution in [1.29, 1.82) is 0 Å². The molecule has 0 saturated heterocycles. The molecular weight excluding hydrogens is 396 g/mol. The van der Waals surface area contributed by atoms with E-state index in [1.165, 1.54) is 12.1 Å². The van der Waals surface area contributed by atoms with Crippen LogP contribution in [0.5, 0.6) is 11.5 Å². The molecule has 2 aromatic carbocycles. The Hall–Kier alpha value is -3.87. The van der Waals surface area contributed by atoms with Gasteiger partial charge in [0.2, 0.25) is 0 Å². The average Bonchev–Trinajstić information content (AvgIpc) is 3.10. The molecule has 0 aliphatic carbocycles. The molecule has 0 bridgehead atoms.